The molecule has 6 heteroatoms. The van der Waals surface area contributed by atoms with E-state index in [1.54, 1.807) is 0 Å². The standard InChI is InChI=1S/C12H19N3OS2/c1-17-10-5-3-2-4-9(10)15-11(16)6-8-7-18-12(13)14-8/h7,9-10H,2-6H2,1H3,(H2,13,14)(H,15,16). The van der Waals surface area contributed by atoms with Gasteiger partial charge in [-0.15, -0.1) is 11.3 Å². The summed E-state index contributed by atoms with van der Waals surface area (Å²) in [5.41, 5.74) is 6.32. The van der Waals surface area contributed by atoms with Crippen molar-refractivity contribution < 1.29 is 4.79 Å². The van der Waals surface area contributed by atoms with Crippen molar-refractivity contribution in [1.29, 1.82) is 0 Å². The molecule has 4 nitrogen and oxygen atoms in total. The Balaban J connectivity index is 1.86. The van der Waals surface area contributed by atoms with Crippen molar-refractivity contribution in [3.63, 3.8) is 0 Å². The number of carbonyl (C=O) groups is 1. The number of thiazole rings is 1. The van der Waals surface area contributed by atoms with Crippen LogP contribution in [0.5, 0.6) is 0 Å². The van der Waals surface area contributed by atoms with Gasteiger partial charge in [0.15, 0.2) is 5.13 Å². The van der Waals surface area contributed by atoms with Crippen molar-refractivity contribution in [1.82, 2.24) is 10.3 Å². The highest BCUT2D eigenvalue weighted by Crippen LogP contribution is 2.27. The van der Waals surface area contributed by atoms with Crippen molar-refractivity contribution in [2.24, 2.45) is 0 Å². The van der Waals surface area contributed by atoms with E-state index in [9.17, 15) is 4.79 Å². The number of rotatable bonds is 4. The van der Waals surface area contributed by atoms with Gasteiger partial charge >= 0.3 is 0 Å². The first kappa shape index (κ1) is 13.7. The highest BCUT2D eigenvalue weighted by molar-refractivity contribution is 7.99. The van der Waals surface area contributed by atoms with Crippen LogP contribution in [0, 0.1) is 0 Å². The minimum Gasteiger partial charge on any atom is -0.375 e. The number of anilines is 1. The minimum absolute atomic E-state index is 0.0613. The van der Waals surface area contributed by atoms with Gasteiger partial charge in [-0.3, -0.25) is 4.79 Å². The first-order chi connectivity index (χ1) is 8.69. The lowest BCUT2D eigenvalue weighted by Crippen LogP contribution is -2.44. The number of nitrogens with zero attached hydrogens (tertiary/aromatic N) is 1. The summed E-state index contributed by atoms with van der Waals surface area (Å²) in [7, 11) is 0. The van der Waals surface area contributed by atoms with Crippen molar-refractivity contribution >= 4 is 34.1 Å². The quantitative estimate of drug-likeness (QED) is 0.888. The molecule has 1 saturated carbocycles. The number of hydrogen-bond acceptors (Lipinski definition) is 5. The van der Waals surface area contributed by atoms with Gasteiger partial charge in [-0.25, -0.2) is 4.98 Å². The summed E-state index contributed by atoms with van der Waals surface area (Å²) in [4.78, 5) is 16.1. The number of hydrogen-bond donors (Lipinski definition) is 2. The maximum atomic E-state index is 12.0. The van der Waals surface area contributed by atoms with E-state index in [2.05, 4.69) is 16.6 Å². The summed E-state index contributed by atoms with van der Waals surface area (Å²) < 4.78 is 0. The molecule has 2 atom stereocenters. The topological polar surface area (TPSA) is 68.0 Å². The molecule has 0 radical (unpaired) electrons. The molecule has 0 aromatic carbocycles. The Hall–Kier alpha value is -0.750. The average Bonchev–Trinajstić information content (AvgIpc) is 2.75. The SMILES string of the molecule is CSC1CCCCC1NC(=O)Cc1csc(N)n1. The van der Waals surface area contributed by atoms with Gasteiger partial charge in [0.1, 0.15) is 0 Å². The predicted molar refractivity (Wildman–Crippen MR) is 77.9 cm³/mol. The number of thioether (sulfide) groups is 1. The normalized spacial score (nSPS) is 23.8. The van der Waals surface area contributed by atoms with E-state index in [-0.39, 0.29) is 5.91 Å². The van der Waals surface area contributed by atoms with Crippen molar-refractivity contribution in [2.45, 2.75) is 43.4 Å². The van der Waals surface area contributed by atoms with Gasteiger partial charge < -0.3 is 11.1 Å². The van der Waals surface area contributed by atoms with E-state index in [0.717, 1.165) is 12.1 Å². The van der Waals surface area contributed by atoms with Crippen LogP contribution in [-0.4, -0.2) is 28.4 Å². The Labute approximate surface area is 116 Å². The van der Waals surface area contributed by atoms with Crippen molar-refractivity contribution in [2.75, 3.05) is 12.0 Å². The molecule has 1 heterocycles. The number of carbonyl (C=O) groups excluding carboxylic acids is 1. The van der Waals surface area contributed by atoms with Gasteiger partial charge in [0.25, 0.3) is 0 Å². The van der Waals surface area contributed by atoms with Crippen LogP contribution in [0.4, 0.5) is 5.13 Å². The largest absolute Gasteiger partial charge is 0.375 e. The van der Waals surface area contributed by atoms with Crippen LogP contribution in [0.25, 0.3) is 0 Å². The summed E-state index contributed by atoms with van der Waals surface area (Å²) in [5.74, 6) is 0.0613. The lowest BCUT2D eigenvalue weighted by molar-refractivity contribution is -0.121. The van der Waals surface area contributed by atoms with E-state index < -0.39 is 0 Å². The second kappa shape index (κ2) is 6.43. The first-order valence-electron chi connectivity index (χ1n) is 6.21. The monoisotopic (exact) mass is 285 g/mol. The molecule has 0 bridgehead atoms. The second-order valence-electron chi connectivity index (χ2n) is 4.59. The summed E-state index contributed by atoms with van der Waals surface area (Å²) in [6, 6.07) is 0.317. The lowest BCUT2D eigenvalue weighted by atomic mass is 9.94. The highest BCUT2D eigenvalue weighted by Gasteiger charge is 2.25. The van der Waals surface area contributed by atoms with Crippen LogP contribution >= 0.6 is 23.1 Å². The fourth-order valence-corrected chi connectivity index (χ4v) is 3.87. The van der Waals surface area contributed by atoms with Crippen LogP contribution in [0.15, 0.2) is 5.38 Å². The molecule has 1 amide bonds. The van der Waals surface area contributed by atoms with Gasteiger partial charge in [-0.05, 0) is 19.1 Å². The number of nitrogens with two attached hydrogens (primary N) is 1. The molecule has 0 saturated heterocycles. The summed E-state index contributed by atoms with van der Waals surface area (Å²) in [6.45, 7) is 0. The molecule has 0 aliphatic heterocycles. The highest BCUT2D eigenvalue weighted by atomic mass is 32.2. The molecule has 0 spiro atoms. The van der Waals surface area contributed by atoms with Crippen LogP contribution in [0.1, 0.15) is 31.4 Å². The Morgan fingerprint density at radius 2 is 2.39 bits per heavy atom. The van der Waals surface area contributed by atoms with Crippen LogP contribution in [-0.2, 0) is 11.2 Å². The molecule has 100 valence electrons. The molecule has 1 aromatic heterocycles. The van der Waals surface area contributed by atoms with Crippen LogP contribution < -0.4 is 11.1 Å². The average molecular weight is 285 g/mol. The molecular formula is C12H19N3OS2. The Morgan fingerprint density at radius 3 is 3.06 bits per heavy atom. The molecule has 3 N–H and O–H groups in total. The third kappa shape index (κ3) is 3.62. The third-order valence-electron chi connectivity index (χ3n) is 3.26. The Bertz CT molecular complexity index is 408. The van der Waals surface area contributed by atoms with Gasteiger partial charge in [0.05, 0.1) is 12.1 Å². The van der Waals surface area contributed by atoms with E-state index in [0.29, 0.717) is 22.8 Å². The van der Waals surface area contributed by atoms with E-state index in [1.807, 2.05) is 17.1 Å². The van der Waals surface area contributed by atoms with Gasteiger partial charge in [0.2, 0.25) is 5.91 Å². The number of nitrogens with one attached hydrogen (secondary N) is 1. The number of nitrogen functional groups attached to an aromatic ring is 1. The Morgan fingerprint density at radius 1 is 1.61 bits per heavy atom. The molecule has 1 aliphatic carbocycles. The van der Waals surface area contributed by atoms with Gasteiger partial charge in [-0.1, -0.05) is 12.8 Å². The first-order valence-corrected chi connectivity index (χ1v) is 8.38. The fraction of sp³-hybridized carbons (Fsp3) is 0.667. The van der Waals surface area contributed by atoms with Crippen molar-refractivity contribution in [3.05, 3.63) is 11.1 Å². The number of aromatic nitrogens is 1. The zero-order valence-electron chi connectivity index (χ0n) is 10.5. The van der Waals surface area contributed by atoms with Crippen LogP contribution in [0.3, 0.4) is 0 Å². The molecule has 1 aromatic rings. The van der Waals surface area contributed by atoms with E-state index in [4.69, 9.17) is 5.73 Å². The van der Waals surface area contributed by atoms with E-state index in [1.165, 1.54) is 30.6 Å². The third-order valence-corrected chi connectivity index (χ3v) is 5.16. The van der Waals surface area contributed by atoms with Gasteiger partial charge in [0, 0.05) is 16.7 Å². The lowest BCUT2D eigenvalue weighted by Gasteiger charge is -2.30. The molecule has 2 rings (SSSR count). The second-order valence-corrected chi connectivity index (χ2v) is 6.55. The predicted octanol–water partition coefficient (Wildman–Crippen LogP) is 2.06. The molecular weight excluding hydrogens is 266 g/mol. The maximum Gasteiger partial charge on any atom is 0.226 e. The molecule has 1 fully saturated rings. The fourth-order valence-electron chi connectivity index (χ4n) is 2.37. The summed E-state index contributed by atoms with van der Waals surface area (Å²) in [6.07, 6.45) is 7.25. The van der Waals surface area contributed by atoms with Crippen molar-refractivity contribution in [3.8, 4) is 0 Å². The number of amides is 1. The molecule has 1 aliphatic rings. The van der Waals surface area contributed by atoms with Crippen LogP contribution in [0.2, 0.25) is 0 Å². The van der Waals surface area contributed by atoms with Gasteiger partial charge in [-0.2, -0.15) is 11.8 Å². The molecule has 2 unspecified atom stereocenters. The smallest absolute Gasteiger partial charge is 0.226 e. The van der Waals surface area contributed by atoms with E-state index >= 15 is 0 Å². The zero-order valence-corrected chi connectivity index (χ0v) is 12.1. The summed E-state index contributed by atoms with van der Waals surface area (Å²) in [5, 5.41) is 6.07. The summed E-state index contributed by atoms with van der Waals surface area (Å²) >= 11 is 3.24. The minimum atomic E-state index is 0.0613. The maximum absolute atomic E-state index is 12.0. The molecule has 18 heavy (non-hydrogen) atoms. The Kier molecular flexibility index (Phi) is 4.88. The zero-order chi connectivity index (χ0) is 13.0.